The fourth-order valence-electron chi connectivity index (χ4n) is 3.48. The molecule has 29 heavy (non-hydrogen) atoms. The predicted molar refractivity (Wildman–Crippen MR) is 116 cm³/mol. The number of aromatic nitrogens is 2. The molecule has 7 heteroatoms. The molecular weight excluding hydrogens is 366 g/mol. The van der Waals surface area contributed by atoms with E-state index in [0.717, 1.165) is 43.5 Å². The average molecular weight is 391 g/mol. The number of nitrogens with zero attached hydrogens (tertiary/aromatic N) is 4. The normalized spacial score (nSPS) is 13.9. The summed E-state index contributed by atoms with van der Waals surface area (Å²) in [5.41, 5.74) is 2.15. The summed E-state index contributed by atoms with van der Waals surface area (Å²) in [4.78, 5) is 13.5. The second kappa shape index (κ2) is 8.68. The number of benzene rings is 2. The van der Waals surface area contributed by atoms with Gasteiger partial charge in [0, 0.05) is 49.7 Å². The third-order valence-corrected chi connectivity index (χ3v) is 5.03. The van der Waals surface area contributed by atoms with Gasteiger partial charge in [0.05, 0.1) is 14.2 Å². The van der Waals surface area contributed by atoms with E-state index in [4.69, 9.17) is 9.47 Å². The van der Waals surface area contributed by atoms with Gasteiger partial charge in [0.2, 0.25) is 0 Å². The van der Waals surface area contributed by atoms with Crippen molar-refractivity contribution in [3.63, 3.8) is 0 Å². The highest BCUT2D eigenvalue weighted by Gasteiger charge is 2.18. The maximum Gasteiger partial charge on any atom is 0.162 e. The molecule has 0 atom stereocenters. The molecule has 150 valence electrons. The number of ether oxygens (including phenoxy) is 2. The quantitative estimate of drug-likeness (QED) is 0.689. The molecule has 4 rings (SSSR count). The second-order valence-corrected chi connectivity index (χ2v) is 6.77. The minimum absolute atomic E-state index is 0.670. The van der Waals surface area contributed by atoms with Crippen molar-refractivity contribution in [2.75, 3.05) is 55.5 Å². The van der Waals surface area contributed by atoms with E-state index >= 15 is 0 Å². The van der Waals surface area contributed by atoms with Crippen LogP contribution < -0.4 is 24.6 Å². The Labute approximate surface area is 170 Å². The van der Waals surface area contributed by atoms with Gasteiger partial charge in [-0.2, -0.15) is 0 Å². The topological polar surface area (TPSA) is 62.8 Å². The summed E-state index contributed by atoms with van der Waals surface area (Å²) in [6.07, 6.45) is 1.60. The summed E-state index contributed by atoms with van der Waals surface area (Å²) >= 11 is 0. The van der Waals surface area contributed by atoms with Gasteiger partial charge in [-0.15, -0.1) is 0 Å². The van der Waals surface area contributed by atoms with Gasteiger partial charge >= 0.3 is 0 Å². The van der Waals surface area contributed by atoms with Crippen molar-refractivity contribution >= 4 is 23.0 Å². The highest BCUT2D eigenvalue weighted by atomic mass is 16.5. The van der Waals surface area contributed by atoms with Crippen molar-refractivity contribution in [1.29, 1.82) is 0 Å². The molecule has 0 bridgehead atoms. The molecule has 1 aliphatic heterocycles. The summed E-state index contributed by atoms with van der Waals surface area (Å²) in [5, 5.41) is 3.32. The molecule has 2 heterocycles. The Morgan fingerprint density at radius 3 is 2.24 bits per heavy atom. The van der Waals surface area contributed by atoms with E-state index in [-0.39, 0.29) is 0 Å². The van der Waals surface area contributed by atoms with Gasteiger partial charge in [0.15, 0.2) is 11.5 Å². The first-order valence-electron chi connectivity index (χ1n) is 9.63. The Bertz CT molecular complexity index is 943. The van der Waals surface area contributed by atoms with Crippen molar-refractivity contribution in [3.05, 3.63) is 60.9 Å². The van der Waals surface area contributed by atoms with E-state index in [2.05, 4.69) is 49.4 Å². The highest BCUT2D eigenvalue weighted by Crippen LogP contribution is 2.31. The number of para-hydroxylation sites is 1. The van der Waals surface area contributed by atoms with E-state index in [0.29, 0.717) is 11.5 Å². The molecule has 0 aliphatic carbocycles. The third kappa shape index (κ3) is 4.34. The van der Waals surface area contributed by atoms with Gasteiger partial charge in [0.1, 0.15) is 18.0 Å². The van der Waals surface area contributed by atoms with Gasteiger partial charge in [0.25, 0.3) is 0 Å². The maximum absolute atomic E-state index is 5.37. The van der Waals surface area contributed by atoms with Gasteiger partial charge in [-0.3, -0.25) is 0 Å². The Kier molecular flexibility index (Phi) is 5.65. The van der Waals surface area contributed by atoms with Crippen molar-refractivity contribution in [1.82, 2.24) is 9.97 Å². The number of anilines is 4. The molecule has 2 aromatic carbocycles. The van der Waals surface area contributed by atoms with Gasteiger partial charge < -0.3 is 24.6 Å². The fraction of sp³-hybridized carbons (Fsp3) is 0.273. The van der Waals surface area contributed by atoms with Crippen LogP contribution in [0.2, 0.25) is 0 Å². The van der Waals surface area contributed by atoms with Crippen LogP contribution in [-0.4, -0.2) is 50.4 Å². The SMILES string of the molecule is COc1ccc(Nc2cc(N3CCN(c4ccccc4)CC3)ncn2)cc1OC. The van der Waals surface area contributed by atoms with Crippen molar-refractivity contribution in [2.45, 2.75) is 0 Å². The van der Waals surface area contributed by atoms with Crippen molar-refractivity contribution in [3.8, 4) is 11.5 Å². The van der Waals surface area contributed by atoms with E-state index in [1.165, 1.54) is 5.69 Å². The summed E-state index contributed by atoms with van der Waals surface area (Å²) < 4.78 is 10.7. The summed E-state index contributed by atoms with van der Waals surface area (Å²) in [6.45, 7) is 3.77. The zero-order valence-corrected chi connectivity index (χ0v) is 16.7. The van der Waals surface area contributed by atoms with Crippen LogP contribution in [-0.2, 0) is 0 Å². The van der Waals surface area contributed by atoms with Crippen LogP contribution in [0.5, 0.6) is 11.5 Å². The minimum atomic E-state index is 0.670. The van der Waals surface area contributed by atoms with Crippen LogP contribution in [0, 0.1) is 0 Å². The lowest BCUT2D eigenvalue weighted by atomic mass is 10.2. The Hall–Kier alpha value is -3.48. The first-order valence-corrected chi connectivity index (χ1v) is 9.63. The summed E-state index contributed by atoms with van der Waals surface area (Å²) in [7, 11) is 3.25. The molecule has 1 fully saturated rings. The maximum atomic E-state index is 5.37. The molecule has 0 amide bonds. The molecule has 1 aromatic heterocycles. The number of hydrogen-bond donors (Lipinski definition) is 1. The second-order valence-electron chi connectivity index (χ2n) is 6.77. The zero-order valence-electron chi connectivity index (χ0n) is 16.7. The zero-order chi connectivity index (χ0) is 20.1. The predicted octanol–water partition coefficient (Wildman–Crippen LogP) is 3.56. The number of rotatable bonds is 6. The van der Waals surface area contributed by atoms with Crippen LogP contribution >= 0.6 is 0 Å². The van der Waals surface area contributed by atoms with Crippen molar-refractivity contribution < 1.29 is 9.47 Å². The number of piperazine rings is 1. The Morgan fingerprint density at radius 1 is 0.793 bits per heavy atom. The molecule has 0 spiro atoms. The largest absolute Gasteiger partial charge is 0.493 e. The molecule has 0 saturated carbocycles. The van der Waals surface area contributed by atoms with E-state index < -0.39 is 0 Å². The molecule has 7 nitrogen and oxygen atoms in total. The first-order chi connectivity index (χ1) is 14.3. The van der Waals surface area contributed by atoms with E-state index in [9.17, 15) is 0 Å². The summed E-state index contributed by atoms with van der Waals surface area (Å²) in [5.74, 6) is 3.03. The molecule has 0 radical (unpaired) electrons. The van der Waals surface area contributed by atoms with Crippen LogP contribution in [0.15, 0.2) is 60.9 Å². The fourth-order valence-corrected chi connectivity index (χ4v) is 3.48. The van der Waals surface area contributed by atoms with Crippen LogP contribution in [0.3, 0.4) is 0 Å². The molecule has 1 aliphatic rings. The average Bonchev–Trinajstić information content (AvgIpc) is 2.80. The number of hydrogen-bond acceptors (Lipinski definition) is 7. The summed E-state index contributed by atoms with van der Waals surface area (Å²) in [6, 6.07) is 18.2. The smallest absolute Gasteiger partial charge is 0.162 e. The Balaban J connectivity index is 1.43. The lowest BCUT2D eigenvalue weighted by Crippen LogP contribution is -2.46. The number of nitrogens with one attached hydrogen (secondary N) is 1. The molecule has 0 unspecified atom stereocenters. The van der Waals surface area contributed by atoms with Crippen LogP contribution in [0.1, 0.15) is 0 Å². The van der Waals surface area contributed by atoms with Gasteiger partial charge in [-0.25, -0.2) is 9.97 Å². The molecule has 1 N–H and O–H groups in total. The Morgan fingerprint density at radius 2 is 1.52 bits per heavy atom. The van der Waals surface area contributed by atoms with Crippen LogP contribution in [0.4, 0.5) is 23.0 Å². The minimum Gasteiger partial charge on any atom is -0.493 e. The van der Waals surface area contributed by atoms with E-state index in [1.54, 1.807) is 20.5 Å². The third-order valence-electron chi connectivity index (χ3n) is 5.03. The van der Waals surface area contributed by atoms with Gasteiger partial charge in [-0.1, -0.05) is 18.2 Å². The molecule has 1 saturated heterocycles. The lowest BCUT2D eigenvalue weighted by Gasteiger charge is -2.36. The number of methoxy groups -OCH3 is 2. The highest BCUT2D eigenvalue weighted by molar-refractivity contribution is 5.63. The first kappa shape index (κ1) is 18.9. The van der Waals surface area contributed by atoms with Crippen molar-refractivity contribution in [2.24, 2.45) is 0 Å². The lowest BCUT2D eigenvalue weighted by molar-refractivity contribution is 0.355. The van der Waals surface area contributed by atoms with Crippen LogP contribution in [0.25, 0.3) is 0 Å². The van der Waals surface area contributed by atoms with Gasteiger partial charge in [-0.05, 0) is 24.3 Å². The monoisotopic (exact) mass is 391 g/mol. The molecule has 3 aromatic rings. The van der Waals surface area contributed by atoms with E-state index in [1.807, 2.05) is 30.3 Å². The molecular formula is C22H25N5O2. The standard InChI is InChI=1S/C22H25N5O2/c1-28-19-9-8-17(14-20(19)29-2)25-21-15-22(24-16-23-21)27-12-10-26(11-13-27)18-6-4-3-5-7-18/h3-9,14-16H,10-13H2,1-2H3,(H,23,24,25).